The first-order valence-corrected chi connectivity index (χ1v) is 6.07. The summed E-state index contributed by atoms with van der Waals surface area (Å²) >= 11 is 5.79. The summed E-state index contributed by atoms with van der Waals surface area (Å²) in [5, 5.41) is 0.599. The Morgan fingerprint density at radius 1 is 1.11 bits per heavy atom. The lowest BCUT2D eigenvalue weighted by atomic mass is 10.1. The molecule has 90 valence electrons. The van der Waals surface area contributed by atoms with Crippen molar-refractivity contribution in [1.29, 1.82) is 0 Å². The van der Waals surface area contributed by atoms with Crippen molar-refractivity contribution >= 4 is 23.2 Å². The van der Waals surface area contributed by atoms with Crippen molar-refractivity contribution in [1.82, 2.24) is 4.57 Å². The molecule has 1 aromatic carbocycles. The minimum Gasteiger partial charge on any atom is -0.335 e. The van der Waals surface area contributed by atoms with Crippen molar-refractivity contribution in [3.63, 3.8) is 0 Å². The number of Topliss-reactive ketones (excluding diaryl/α,β-unsaturated/α-hetero) is 1. The van der Waals surface area contributed by atoms with Gasteiger partial charge in [-0.15, -0.1) is 0 Å². The molecule has 3 nitrogen and oxygen atoms in total. The lowest BCUT2D eigenvalue weighted by Crippen LogP contribution is -2.08. The molecule has 4 heteroatoms. The van der Waals surface area contributed by atoms with Crippen LogP contribution in [0.2, 0.25) is 5.02 Å². The topological polar surface area (TPSA) is 39.1 Å². The molecular weight excluding hydrogens is 250 g/mol. The Morgan fingerprint density at radius 2 is 1.83 bits per heavy atom. The van der Waals surface area contributed by atoms with Gasteiger partial charge in [-0.25, -0.2) is 0 Å². The van der Waals surface area contributed by atoms with Crippen LogP contribution >= 0.6 is 11.6 Å². The number of nitrogens with zero attached hydrogens (tertiary/aromatic N) is 1. The largest absolute Gasteiger partial charge is 0.335 e. The molecule has 0 N–H and O–H groups in total. The van der Waals surface area contributed by atoms with Crippen LogP contribution in [-0.2, 0) is 6.54 Å². The molecule has 0 spiro atoms. The highest BCUT2D eigenvalue weighted by molar-refractivity contribution is 6.30. The number of hydrogen-bond donors (Lipinski definition) is 0. The Labute approximate surface area is 109 Å². The molecule has 0 amide bonds. The van der Waals surface area contributed by atoms with Crippen molar-refractivity contribution in [2.45, 2.75) is 13.0 Å². The van der Waals surface area contributed by atoms with E-state index in [1.807, 2.05) is 0 Å². The minimum absolute atomic E-state index is 0.0763. The highest BCUT2D eigenvalue weighted by Crippen LogP contribution is 2.22. The Morgan fingerprint density at radius 3 is 2.56 bits per heavy atom. The second kappa shape index (κ2) is 4.10. The van der Waals surface area contributed by atoms with Crippen LogP contribution in [0.15, 0.2) is 36.4 Å². The second-order valence-corrected chi connectivity index (χ2v) is 4.70. The number of carbonyl (C=O) groups is 2. The van der Waals surface area contributed by atoms with Crippen LogP contribution < -0.4 is 0 Å². The van der Waals surface area contributed by atoms with Gasteiger partial charge in [-0.2, -0.15) is 0 Å². The Hall–Kier alpha value is -1.87. The van der Waals surface area contributed by atoms with Gasteiger partial charge in [0.2, 0.25) is 5.78 Å². The van der Waals surface area contributed by atoms with Crippen LogP contribution in [0.5, 0.6) is 0 Å². The molecule has 2 heterocycles. The molecule has 0 atom stereocenters. The first kappa shape index (κ1) is 11.2. The third-order valence-electron chi connectivity index (χ3n) is 3.17. The second-order valence-electron chi connectivity index (χ2n) is 4.26. The van der Waals surface area contributed by atoms with Crippen LogP contribution in [0.1, 0.15) is 33.0 Å². The van der Waals surface area contributed by atoms with E-state index in [0.717, 1.165) is 0 Å². The van der Waals surface area contributed by atoms with Gasteiger partial charge >= 0.3 is 0 Å². The van der Waals surface area contributed by atoms with E-state index in [9.17, 15) is 9.59 Å². The Bertz CT molecular complexity index is 640. The van der Waals surface area contributed by atoms with Crippen molar-refractivity contribution in [2.24, 2.45) is 0 Å². The zero-order valence-electron chi connectivity index (χ0n) is 9.52. The number of halogens is 1. The summed E-state index contributed by atoms with van der Waals surface area (Å²) in [6.07, 6.45) is 0.483. The predicted octanol–water partition coefficient (Wildman–Crippen LogP) is 2.96. The van der Waals surface area contributed by atoms with Gasteiger partial charge in [0.25, 0.3) is 0 Å². The number of hydrogen-bond acceptors (Lipinski definition) is 2. The number of fused-ring (bicyclic) bond motifs is 1. The third-order valence-corrected chi connectivity index (χ3v) is 3.42. The van der Waals surface area contributed by atoms with Gasteiger partial charge in [-0.3, -0.25) is 9.59 Å². The molecule has 1 aromatic heterocycles. The number of aromatic nitrogens is 1. The highest BCUT2D eigenvalue weighted by Gasteiger charge is 2.24. The van der Waals surface area contributed by atoms with Gasteiger partial charge in [0, 0.05) is 23.6 Å². The maximum atomic E-state index is 12.3. The van der Waals surface area contributed by atoms with Crippen LogP contribution in [-0.4, -0.2) is 16.1 Å². The number of benzene rings is 1. The molecule has 0 aliphatic carbocycles. The smallest absolute Gasteiger partial charge is 0.209 e. The highest BCUT2D eigenvalue weighted by atomic mass is 35.5. The SMILES string of the molecule is O=C1CCn2c1ccc2C(=O)c1ccc(Cl)cc1. The van der Waals surface area contributed by atoms with Gasteiger partial charge < -0.3 is 4.57 Å². The summed E-state index contributed by atoms with van der Waals surface area (Å²) in [6, 6.07) is 10.2. The van der Waals surface area contributed by atoms with Crippen LogP contribution in [0.25, 0.3) is 0 Å². The monoisotopic (exact) mass is 259 g/mol. The maximum Gasteiger partial charge on any atom is 0.209 e. The average Bonchev–Trinajstić information content (AvgIpc) is 2.93. The molecule has 18 heavy (non-hydrogen) atoms. The Balaban J connectivity index is 2.01. The van der Waals surface area contributed by atoms with Crippen LogP contribution in [0.3, 0.4) is 0 Å². The van der Waals surface area contributed by atoms with Gasteiger partial charge in [0.1, 0.15) is 0 Å². The van der Waals surface area contributed by atoms with Crippen LogP contribution in [0, 0.1) is 0 Å². The third kappa shape index (κ3) is 1.68. The molecule has 0 unspecified atom stereocenters. The van der Waals surface area contributed by atoms with E-state index in [2.05, 4.69) is 0 Å². The van der Waals surface area contributed by atoms with E-state index >= 15 is 0 Å². The van der Waals surface area contributed by atoms with Gasteiger partial charge in [0.05, 0.1) is 11.4 Å². The van der Waals surface area contributed by atoms with Gasteiger partial charge in [0.15, 0.2) is 5.78 Å². The molecule has 0 saturated carbocycles. The maximum absolute atomic E-state index is 12.3. The zero-order chi connectivity index (χ0) is 12.7. The molecule has 0 fully saturated rings. The van der Waals surface area contributed by atoms with Crippen molar-refractivity contribution in [2.75, 3.05) is 0 Å². The lowest BCUT2D eigenvalue weighted by Gasteiger charge is -2.04. The summed E-state index contributed by atoms with van der Waals surface area (Å²) in [5.74, 6) is 0.0257. The number of ketones is 2. The average molecular weight is 260 g/mol. The van der Waals surface area contributed by atoms with E-state index in [0.29, 0.717) is 34.9 Å². The molecular formula is C14H10ClNO2. The molecule has 2 aromatic rings. The van der Waals surface area contributed by atoms with Crippen LogP contribution in [0.4, 0.5) is 0 Å². The normalized spacial score (nSPS) is 13.7. The molecule has 0 radical (unpaired) electrons. The quantitative estimate of drug-likeness (QED) is 0.778. The van der Waals surface area contributed by atoms with E-state index in [1.54, 1.807) is 41.0 Å². The van der Waals surface area contributed by atoms with E-state index in [4.69, 9.17) is 11.6 Å². The van der Waals surface area contributed by atoms with E-state index < -0.39 is 0 Å². The fourth-order valence-corrected chi connectivity index (χ4v) is 2.37. The standard InChI is InChI=1S/C14H10ClNO2/c15-10-3-1-9(2-4-10)14(18)12-6-5-11-13(17)7-8-16(11)12/h1-6H,7-8H2. The zero-order valence-corrected chi connectivity index (χ0v) is 10.3. The van der Waals surface area contributed by atoms with E-state index in [-0.39, 0.29) is 11.6 Å². The minimum atomic E-state index is -0.0763. The van der Waals surface area contributed by atoms with Crippen molar-refractivity contribution in [3.8, 4) is 0 Å². The van der Waals surface area contributed by atoms with Gasteiger partial charge in [-0.1, -0.05) is 11.6 Å². The summed E-state index contributed by atoms with van der Waals surface area (Å²) < 4.78 is 1.79. The van der Waals surface area contributed by atoms with Gasteiger partial charge in [-0.05, 0) is 36.4 Å². The Kier molecular flexibility index (Phi) is 2.56. The summed E-state index contributed by atoms with van der Waals surface area (Å²) in [5.41, 5.74) is 1.78. The summed E-state index contributed by atoms with van der Waals surface area (Å²) in [4.78, 5) is 23.8. The van der Waals surface area contributed by atoms with E-state index in [1.165, 1.54) is 0 Å². The first-order valence-electron chi connectivity index (χ1n) is 5.70. The molecule has 1 aliphatic heterocycles. The predicted molar refractivity (Wildman–Crippen MR) is 68.3 cm³/mol. The summed E-state index contributed by atoms with van der Waals surface area (Å²) in [6.45, 7) is 0.593. The molecule has 0 saturated heterocycles. The summed E-state index contributed by atoms with van der Waals surface area (Å²) in [7, 11) is 0. The molecule has 1 aliphatic rings. The number of rotatable bonds is 2. The van der Waals surface area contributed by atoms with Crippen molar-refractivity contribution in [3.05, 3.63) is 58.4 Å². The van der Waals surface area contributed by atoms with Crippen molar-refractivity contribution < 1.29 is 9.59 Å². The number of carbonyl (C=O) groups excluding carboxylic acids is 2. The fraction of sp³-hybridized carbons (Fsp3) is 0.143. The lowest BCUT2D eigenvalue weighted by molar-refractivity contribution is 0.0993. The first-order chi connectivity index (χ1) is 8.66. The molecule has 0 bridgehead atoms. The molecule has 3 rings (SSSR count). The fourth-order valence-electron chi connectivity index (χ4n) is 2.24.